The van der Waals surface area contributed by atoms with E-state index in [1.54, 1.807) is 0 Å². The topological polar surface area (TPSA) is 35.5 Å². The van der Waals surface area contributed by atoms with E-state index in [-0.39, 0.29) is 6.61 Å². The molecule has 2 aliphatic rings. The number of para-hydroxylation sites is 1. The Bertz CT molecular complexity index is 407. The van der Waals surface area contributed by atoms with Gasteiger partial charge in [-0.2, -0.15) is 0 Å². The van der Waals surface area contributed by atoms with Crippen molar-refractivity contribution in [1.29, 1.82) is 0 Å². The highest BCUT2D eigenvalue weighted by Crippen LogP contribution is 2.29. The number of anilines is 1. The van der Waals surface area contributed by atoms with Crippen molar-refractivity contribution >= 4 is 5.69 Å². The van der Waals surface area contributed by atoms with E-state index in [9.17, 15) is 5.11 Å². The lowest BCUT2D eigenvalue weighted by Gasteiger charge is -2.35. The van der Waals surface area contributed by atoms with Crippen LogP contribution in [0.3, 0.4) is 0 Å². The van der Waals surface area contributed by atoms with Gasteiger partial charge >= 0.3 is 0 Å². The number of piperidine rings is 1. The number of aliphatic hydroxyl groups is 1. The van der Waals surface area contributed by atoms with E-state index in [4.69, 9.17) is 0 Å². The lowest BCUT2D eigenvalue weighted by Crippen LogP contribution is -2.42. The summed E-state index contributed by atoms with van der Waals surface area (Å²) >= 11 is 0. The summed E-state index contributed by atoms with van der Waals surface area (Å²) in [5, 5.41) is 13.0. The van der Waals surface area contributed by atoms with Crippen molar-refractivity contribution in [3.05, 3.63) is 29.8 Å². The zero-order valence-corrected chi connectivity index (χ0v) is 10.8. The van der Waals surface area contributed by atoms with Crippen LogP contribution in [0.15, 0.2) is 24.3 Å². The van der Waals surface area contributed by atoms with Crippen molar-refractivity contribution in [3.8, 4) is 0 Å². The maximum Gasteiger partial charge on any atom is 0.0701 e. The zero-order valence-electron chi connectivity index (χ0n) is 10.8. The highest BCUT2D eigenvalue weighted by Gasteiger charge is 2.31. The number of hydrogen-bond acceptors (Lipinski definition) is 3. The molecule has 2 aliphatic heterocycles. The van der Waals surface area contributed by atoms with Crippen LogP contribution in [-0.2, 0) is 6.61 Å². The molecule has 0 aliphatic carbocycles. The third kappa shape index (κ3) is 2.38. The Kier molecular flexibility index (Phi) is 3.52. The minimum Gasteiger partial charge on any atom is -0.392 e. The van der Waals surface area contributed by atoms with Crippen molar-refractivity contribution < 1.29 is 5.11 Å². The first-order valence-electron chi connectivity index (χ1n) is 7.06. The molecule has 2 N–H and O–H groups in total. The average molecular weight is 246 g/mol. The first-order valence-corrected chi connectivity index (χ1v) is 7.06. The van der Waals surface area contributed by atoms with Gasteiger partial charge in [0.1, 0.15) is 0 Å². The van der Waals surface area contributed by atoms with Crippen LogP contribution in [-0.4, -0.2) is 35.2 Å². The van der Waals surface area contributed by atoms with Crippen LogP contribution in [0.4, 0.5) is 5.69 Å². The summed E-state index contributed by atoms with van der Waals surface area (Å²) in [5.41, 5.74) is 2.11. The first-order chi connectivity index (χ1) is 8.86. The van der Waals surface area contributed by atoms with Gasteiger partial charge < -0.3 is 15.3 Å². The minimum atomic E-state index is 0.117. The lowest BCUT2D eigenvalue weighted by molar-refractivity contribution is 0.188. The van der Waals surface area contributed by atoms with E-state index in [1.165, 1.54) is 38.8 Å². The summed E-state index contributed by atoms with van der Waals surface area (Å²) in [6, 6.07) is 9.44. The molecule has 0 amide bonds. The van der Waals surface area contributed by atoms with E-state index in [1.807, 2.05) is 18.2 Å². The molecule has 0 saturated carbocycles. The van der Waals surface area contributed by atoms with Crippen molar-refractivity contribution in [3.63, 3.8) is 0 Å². The molecular formula is C15H22N2O. The fraction of sp³-hybridized carbons (Fsp3) is 0.600. The zero-order chi connectivity index (χ0) is 12.4. The molecule has 1 aromatic carbocycles. The Labute approximate surface area is 109 Å². The Balaban J connectivity index is 1.66. The van der Waals surface area contributed by atoms with Crippen molar-refractivity contribution in [2.75, 3.05) is 18.4 Å². The van der Waals surface area contributed by atoms with Gasteiger partial charge in [0.05, 0.1) is 6.61 Å². The highest BCUT2D eigenvalue weighted by molar-refractivity contribution is 5.51. The largest absolute Gasteiger partial charge is 0.392 e. The van der Waals surface area contributed by atoms with Gasteiger partial charge in [0.15, 0.2) is 0 Å². The van der Waals surface area contributed by atoms with Gasteiger partial charge in [-0.25, -0.2) is 0 Å². The maximum absolute atomic E-state index is 9.35. The number of rotatable bonds is 3. The highest BCUT2D eigenvalue weighted by atomic mass is 16.3. The van der Waals surface area contributed by atoms with Gasteiger partial charge in [-0.15, -0.1) is 0 Å². The average Bonchev–Trinajstić information content (AvgIpc) is 2.87. The first kappa shape index (κ1) is 12.0. The number of hydrogen-bond donors (Lipinski definition) is 2. The molecule has 0 radical (unpaired) electrons. The quantitative estimate of drug-likeness (QED) is 0.858. The van der Waals surface area contributed by atoms with E-state index in [2.05, 4.69) is 16.3 Å². The summed E-state index contributed by atoms with van der Waals surface area (Å²) in [7, 11) is 0. The van der Waals surface area contributed by atoms with E-state index in [0.29, 0.717) is 6.04 Å². The molecule has 98 valence electrons. The second-order valence-corrected chi connectivity index (χ2v) is 5.51. The molecule has 0 spiro atoms. The van der Waals surface area contributed by atoms with E-state index >= 15 is 0 Å². The molecular weight excluding hydrogens is 224 g/mol. The normalized spacial score (nSPS) is 28.1. The maximum atomic E-state index is 9.35. The van der Waals surface area contributed by atoms with Crippen molar-refractivity contribution in [1.82, 2.24) is 4.90 Å². The summed E-state index contributed by atoms with van der Waals surface area (Å²) in [4.78, 5) is 2.64. The molecule has 1 aromatic rings. The van der Waals surface area contributed by atoms with Crippen LogP contribution in [0.5, 0.6) is 0 Å². The smallest absolute Gasteiger partial charge is 0.0701 e. The van der Waals surface area contributed by atoms with Gasteiger partial charge in [-0.1, -0.05) is 18.2 Å². The molecule has 2 unspecified atom stereocenters. The summed E-state index contributed by atoms with van der Waals surface area (Å²) in [6.45, 7) is 2.64. The van der Waals surface area contributed by atoms with Gasteiger partial charge in [0.25, 0.3) is 0 Å². The molecule has 3 heteroatoms. The Morgan fingerprint density at radius 3 is 3.00 bits per heavy atom. The summed E-state index contributed by atoms with van der Waals surface area (Å²) < 4.78 is 0. The molecule has 2 heterocycles. The van der Waals surface area contributed by atoms with Crippen LogP contribution in [0.1, 0.15) is 31.2 Å². The molecule has 3 nitrogen and oxygen atoms in total. The summed E-state index contributed by atoms with van der Waals surface area (Å²) in [5.74, 6) is 0. The Morgan fingerprint density at radius 1 is 1.22 bits per heavy atom. The number of fused-ring (bicyclic) bond motifs is 1. The van der Waals surface area contributed by atoms with Crippen LogP contribution in [0, 0.1) is 0 Å². The number of nitrogens with one attached hydrogen (secondary N) is 1. The predicted molar refractivity (Wildman–Crippen MR) is 73.6 cm³/mol. The van der Waals surface area contributed by atoms with Gasteiger partial charge in [-0.05, 0) is 38.3 Å². The summed E-state index contributed by atoms with van der Waals surface area (Å²) in [6.07, 6.45) is 5.19. The number of aliphatic hydroxyl groups excluding tert-OH is 1. The van der Waals surface area contributed by atoms with Gasteiger partial charge in [0.2, 0.25) is 0 Å². The van der Waals surface area contributed by atoms with Gasteiger partial charge in [0, 0.05) is 29.9 Å². The van der Waals surface area contributed by atoms with E-state index in [0.717, 1.165) is 17.3 Å². The second-order valence-electron chi connectivity index (χ2n) is 5.51. The Morgan fingerprint density at radius 2 is 2.11 bits per heavy atom. The molecule has 2 fully saturated rings. The number of nitrogens with zero attached hydrogens (tertiary/aromatic N) is 1. The lowest BCUT2D eigenvalue weighted by atomic mass is 9.97. The second kappa shape index (κ2) is 5.29. The van der Waals surface area contributed by atoms with Crippen LogP contribution in [0.25, 0.3) is 0 Å². The predicted octanol–water partition coefficient (Wildman–Crippen LogP) is 2.22. The molecule has 2 saturated heterocycles. The number of benzene rings is 1. The van der Waals surface area contributed by atoms with Crippen molar-refractivity contribution in [2.45, 2.75) is 44.4 Å². The molecule has 0 aromatic heterocycles. The third-order valence-corrected chi connectivity index (χ3v) is 4.37. The molecule has 0 bridgehead atoms. The minimum absolute atomic E-state index is 0.117. The SMILES string of the molecule is OCc1ccccc1NC1CCN2CCCC2C1. The van der Waals surface area contributed by atoms with E-state index < -0.39 is 0 Å². The molecule has 18 heavy (non-hydrogen) atoms. The fourth-order valence-corrected chi connectivity index (χ4v) is 3.37. The third-order valence-electron chi connectivity index (χ3n) is 4.37. The fourth-order valence-electron chi connectivity index (χ4n) is 3.37. The van der Waals surface area contributed by atoms with Crippen LogP contribution in [0.2, 0.25) is 0 Å². The van der Waals surface area contributed by atoms with Gasteiger partial charge in [-0.3, -0.25) is 0 Å². The van der Waals surface area contributed by atoms with Crippen molar-refractivity contribution in [2.24, 2.45) is 0 Å². The van der Waals surface area contributed by atoms with Crippen LogP contribution >= 0.6 is 0 Å². The molecule has 3 rings (SSSR count). The standard InChI is InChI=1S/C15H22N2O/c18-11-12-4-1-2-6-15(12)16-13-7-9-17-8-3-5-14(17)10-13/h1-2,4,6,13-14,16,18H,3,5,7-11H2. The van der Waals surface area contributed by atoms with Crippen LogP contribution < -0.4 is 5.32 Å². The molecule has 2 atom stereocenters. The monoisotopic (exact) mass is 246 g/mol. The Hall–Kier alpha value is -1.06.